The highest BCUT2D eigenvalue weighted by Gasteiger charge is 2.18. The minimum Gasteiger partial charge on any atom is -0.0803 e. The molecule has 0 nitrogen and oxygen atoms in total. The van der Waals surface area contributed by atoms with Crippen molar-refractivity contribution in [1.29, 1.82) is 0 Å². The first kappa shape index (κ1) is 13.8. The van der Waals surface area contributed by atoms with Crippen LogP contribution in [0.15, 0.2) is 30.3 Å². The summed E-state index contributed by atoms with van der Waals surface area (Å²) < 4.78 is 0. The van der Waals surface area contributed by atoms with Crippen LogP contribution in [0.4, 0.5) is 0 Å². The number of hydrogen-bond acceptors (Lipinski definition) is 0. The Hall–Kier alpha value is -0.650. The Morgan fingerprint density at radius 2 is 1.33 bits per heavy atom. The van der Waals surface area contributed by atoms with Crippen molar-refractivity contribution < 1.29 is 0 Å². The van der Waals surface area contributed by atoms with E-state index in [4.69, 9.17) is 0 Å². The van der Waals surface area contributed by atoms with Crippen molar-refractivity contribution in [2.45, 2.75) is 63.8 Å². The van der Waals surface area contributed by atoms with Crippen LogP contribution in [0.25, 0.3) is 0 Å². The third-order valence-electron chi connectivity index (χ3n) is 4.19. The predicted octanol–water partition coefficient (Wildman–Crippen LogP) is 4.28. The summed E-state index contributed by atoms with van der Waals surface area (Å²) in [5.41, 5.74) is 1.55. The molecule has 0 spiro atoms. The first-order valence-electron chi connectivity index (χ1n) is 7.83. The first-order chi connectivity index (χ1) is 8.97. The Labute approximate surface area is 114 Å². The third kappa shape index (κ3) is 4.92. The maximum absolute atomic E-state index is 2.39. The fourth-order valence-electron chi connectivity index (χ4n) is 3.06. The topological polar surface area (TPSA) is 0 Å². The molecule has 95 valence electrons. The van der Waals surface area contributed by atoms with Gasteiger partial charge in [-0.2, -0.15) is 0 Å². The molecule has 18 heavy (non-hydrogen) atoms. The number of benzene rings is 1. The van der Waals surface area contributed by atoms with Gasteiger partial charge in [-0.05, 0) is 0 Å². The fraction of sp³-hybridized carbons (Fsp3) is 0.625. The summed E-state index contributed by atoms with van der Waals surface area (Å²) in [7, 11) is 2.39. The largest absolute Gasteiger partial charge is 0.175 e. The van der Waals surface area contributed by atoms with Gasteiger partial charge in [0.15, 0.2) is 6.71 Å². The highest BCUT2D eigenvalue weighted by Crippen LogP contribution is 2.18. The van der Waals surface area contributed by atoms with Crippen LogP contribution in [0.2, 0.25) is 25.3 Å². The number of hydrogen-bond donors (Lipinski definition) is 0. The van der Waals surface area contributed by atoms with Crippen molar-refractivity contribution in [2.75, 3.05) is 0 Å². The lowest BCUT2D eigenvalue weighted by Gasteiger charge is -2.18. The average Bonchev–Trinajstić information content (AvgIpc) is 2.51. The molecule has 2 heteroatoms. The molecule has 0 aromatic heterocycles. The summed E-state index contributed by atoms with van der Waals surface area (Å²) >= 11 is 0. The predicted molar refractivity (Wildman–Crippen MR) is 84.5 cm³/mol. The first-order valence-corrected chi connectivity index (χ1v) is 7.83. The second kappa shape index (κ2) is 8.45. The molecule has 2 aliphatic rings. The molecule has 1 radical (unpaired) electrons. The van der Waals surface area contributed by atoms with Crippen LogP contribution in [0.3, 0.4) is 0 Å². The Morgan fingerprint density at radius 3 is 1.83 bits per heavy atom. The molecular weight excluding hydrogens is 214 g/mol. The molecule has 2 aliphatic heterocycles. The zero-order chi connectivity index (χ0) is 12.5. The van der Waals surface area contributed by atoms with E-state index < -0.39 is 0 Å². The molecule has 0 atom stereocenters. The van der Waals surface area contributed by atoms with Crippen LogP contribution in [0, 0.1) is 0 Å². The van der Waals surface area contributed by atoms with Crippen molar-refractivity contribution in [1.82, 2.24) is 0 Å². The number of rotatable bonds is 1. The van der Waals surface area contributed by atoms with E-state index in [1.54, 1.807) is 5.46 Å². The normalized spacial score (nSPS) is 19.4. The van der Waals surface area contributed by atoms with Crippen LogP contribution in [-0.2, 0) is 0 Å². The average molecular weight is 239 g/mol. The Bertz CT molecular complexity index is 289. The molecule has 2 heterocycles. The van der Waals surface area contributed by atoms with E-state index in [1.165, 1.54) is 63.8 Å². The molecule has 0 aliphatic carbocycles. The van der Waals surface area contributed by atoms with Crippen LogP contribution < -0.4 is 5.46 Å². The van der Waals surface area contributed by atoms with Crippen molar-refractivity contribution in [3.05, 3.63) is 30.3 Å². The summed E-state index contributed by atoms with van der Waals surface area (Å²) in [4.78, 5) is 0. The van der Waals surface area contributed by atoms with Crippen LogP contribution >= 0.6 is 0 Å². The Morgan fingerprint density at radius 1 is 0.722 bits per heavy atom. The van der Waals surface area contributed by atoms with E-state index in [2.05, 4.69) is 37.6 Å². The molecule has 0 amide bonds. The van der Waals surface area contributed by atoms with Gasteiger partial charge in [0.25, 0.3) is 0 Å². The van der Waals surface area contributed by atoms with E-state index in [0.29, 0.717) is 0 Å². The molecule has 3 rings (SSSR count). The van der Waals surface area contributed by atoms with Crippen LogP contribution in [0.5, 0.6) is 0 Å². The van der Waals surface area contributed by atoms with Gasteiger partial charge in [-0.25, -0.2) is 0 Å². The summed E-state index contributed by atoms with van der Waals surface area (Å²) in [5.74, 6) is 0. The quantitative estimate of drug-likeness (QED) is 0.641. The zero-order valence-corrected chi connectivity index (χ0v) is 11.6. The van der Waals surface area contributed by atoms with E-state index in [-0.39, 0.29) is 0 Å². The zero-order valence-electron chi connectivity index (χ0n) is 11.6. The highest BCUT2D eigenvalue weighted by molar-refractivity contribution is 6.73. The molecule has 0 unspecified atom stereocenters. The molecule has 0 bridgehead atoms. The Kier molecular flexibility index (Phi) is 6.47. The lowest BCUT2D eigenvalue weighted by atomic mass is 9.38. The molecule has 0 N–H and O–H groups in total. The second-order valence-corrected chi connectivity index (χ2v) is 5.67. The molecule has 1 aromatic carbocycles. The van der Waals surface area contributed by atoms with E-state index in [0.717, 1.165) is 6.71 Å². The van der Waals surface area contributed by atoms with Gasteiger partial charge < -0.3 is 0 Å². The SMILES string of the molecule is [B]1CCCCC1.c1ccc(B2CCCCC2)cc1. The van der Waals surface area contributed by atoms with Gasteiger partial charge in [0, 0.05) is 0 Å². The maximum atomic E-state index is 2.39. The molecule has 2 saturated heterocycles. The minimum atomic E-state index is 0.861. The second-order valence-electron chi connectivity index (χ2n) is 5.67. The third-order valence-corrected chi connectivity index (χ3v) is 4.19. The van der Waals surface area contributed by atoms with Crippen LogP contribution in [-0.4, -0.2) is 14.0 Å². The van der Waals surface area contributed by atoms with E-state index in [9.17, 15) is 0 Å². The van der Waals surface area contributed by atoms with Gasteiger partial charge >= 0.3 is 0 Å². The lowest BCUT2D eigenvalue weighted by Crippen LogP contribution is -2.31. The van der Waals surface area contributed by atoms with Gasteiger partial charge in [0.05, 0.1) is 0 Å². The van der Waals surface area contributed by atoms with E-state index >= 15 is 0 Å². The molecule has 0 saturated carbocycles. The van der Waals surface area contributed by atoms with Gasteiger partial charge in [0.1, 0.15) is 7.28 Å². The molecular formula is C16H25B2. The minimum absolute atomic E-state index is 0.861. The Balaban J connectivity index is 0.000000169. The van der Waals surface area contributed by atoms with Crippen molar-refractivity contribution >= 4 is 19.5 Å². The van der Waals surface area contributed by atoms with Crippen molar-refractivity contribution in [3.63, 3.8) is 0 Å². The van der Waals surface area contributed by atoms with Gasteiger partial charge in [-0.3, -0.25) is 0 Å². The molecule has 2 fully saturated rings. The lowest BCUT2D eigenvalue weighted by molar-refractivity contribution is 0.728. The highest BCUT2D eigenvalue weighted by atomic mass is 14.0. The van der Waals surface area contributed by atoms with Gasteiger partial charge in [-0.1, -0.05) is 99.6 Å². The smallest absolute Gasteiger partial charge is 0.0803 e. The van der Waals surface area contributed by atoms with Gasteiger partial charge in [0.2, 0.25) is 0 Å². The standard InChI is InChI=1S/C11H15B.C5H10B/c1-3-7-11(8-4-1)12-9-5-2-6-10-12;1-2-4-6-5-3-1/h1,3-4,7-8H,2,5-6,9-10H2;1-5H2. The summed E-state index contributed by atoms with van der Waals surface area (Å²) in [6.45, 7) is 0.861. The van der Waals surface area contributed by atoms with Crippen molar-refractivity contribution in [3.8, 4) is 0 Å². The van der Waals surface area contributed by atoms with Crippen LogP contribution in [0.1, 0.15) is 38.5 Å². The monoisotopic (exact) mass is 239 g/mol. The molecule has 1 aromatic rings. The van der Waals surface area contributed by atoms with E-state index in [1.807, 2.05) is 0 Å². The summed E-state index contributed by atoms with van der Waals surface area (Å²) in [6, 6.07) is 11.0. The summed E-state index contributed by atoms with van der Waals surface area (Å²) in [6.07, 6.45) is 14.2. The van der Waals surface area contributed by atoms with Crippen molar-refractivity contribution in [2.24, 2.45) is 0 Å². The van der Waals surface area contributed by atoms with Gasteiger partial charge in [-0.15, -0.1) is 0 Å². The summed E-state index contributed by atoms with van der Waals surface area (Å²) in [5, 5.41) is 0. The fourth-order valence-corrected chi connectivity index (χ4v) is 3.06. The maximum Gasteiger partial charge on any atom is 0.175 e.